The van der Waals surface area contributed by atoms with E-state index in [0.717, 1.165) is 16.6 Å². The van der Waals surface area contributed by atoms with Gasteiger partial charge in [-0.05, 0) is 17.5 Å². The van der Waals surface area contributed by atoms with Crippen LogP contribution in [0.25, 0.3) is 16.6 Å². The molecule has 0 saturated heterocycles. The van der Waals surface area contributed by atoms with Crippen LogP contribution in [0.3, 0.4) is 0 Å². The first-order valence-electron chi connectivity index (χ1n) is 4.16. The molecule has 1 N–H and O–H groups in total. The smallest absolute Gasteiger partial charge is 0.328 e. The number of thiophene rings is 1. The van der Waals surface area contributed by atoms with Gasteiger partial charge in [0.05, 0.1) is 10.6 Å². The second-order valence-corrected chi connectivity index (χ2v) is 4.56. The van der Waals surface area contributed by atoms with E-state index in [4.69, 9.17) is 5.11 Å². The van der Waals surface area contributed by atoms with Crippen LogP contribution in [0.2, 0.25) is 0 Å². The fraction of sp³-hybridized carbons (Fsp3) is 0. The van der Waals surface area contributed by atoms with Crippen molar-refractivity contribution in [1.82, 2.24) is 4.98 Å². The van der Waals surface area contributed by atoms with Crippen molar-refractivity contribution in [2.45, 2.75) is 0 Å². The van der Waals surface area contributed by atoms with E-state index in [1.54, 1.807) is 11.3 Å². The average Bonchev–Trinajstić information content (AvgIpc) is 2.85. The fourth-order valence-corrected chi connectivity index (χ4v) is 2.51. The number of rotatable bonds is 3. The van der Waals surface area contributed by atoms with Gasteiger partial charge >= 0.3 is 5.97 Å². The van der Waals surface area contributed by atoms with E-state index < -0.39 is 5.97 Å². The SMILES string of the molecule is O=C(O)/C=C/c1nc(-c2cccs2)cs1. The largest absolute Gasteiger partial charge is 0.478 e. The minimum atomic E-state index is -0.956. The van der Waals surface area contributed by atoms with Crippen molar-refractivity contribution in [3.63, 3.8) is 0 Å². The molecule has 0 saturated carbocycles. The van der Waals surface area contributed by atoms with E-state index in [-0.39, 0.29) is 0 Å². The zero-order valence-corrected chi connectivity index (χ0v) is 9.22. The van der Waals surface area contributed by atoms with Gasteiger partial charge in [0.15, 0.2) is 0 Å². The third-order valence-corrected chi connectivity index (χ3v) is 3.37. The standard InChI is InChI=1S/C10H7NO2S2/c12-10(13)4-3-9-11-7(6-15-9)8-2-1-5-14-8/h1-6H,(H,12,13)/b4-3+. The fourth-order valence-electron chi connectivity index (χ4n) is 1.04. The molecule has 0 aliphatic rings. The molecular weight excluding hydrogens is 230 g/mol. The van der Waals surface area contributed by atoms with Gasteiger partial charge in [-0.1, -0.05) is 6.07 Å². The Labute approximate surface area is 94.3 Å². The Morgan fingerprint density at radius 2 is 2.33 bits per heavy atom. The summed E-state index contributed by atoms with van der Waals surface area (Å²) in [6, 6.07) is 3.95. The molecule has 0 aromatic carbocycles. The van der Waals surface area contributed by atoms with Gasteiger partial charge in [0.2, 0.25) is 0 Å². The molecule has 2 rings (SSSR count). The Hall–Kier alpha value is -1.46. The van der Waals surface area contributed by atoms with Gasteiger partial charge in [-0.2, -0.15) is 0 Å². The summed E-state index contributed by atoms with van der Waals surface area (Å²) < 4.78 is 0. The summed E-state index contributed by atoms with van der Waals surface area (Å²) in [5.74, 6) is -0.956. The van der Waals surface area contributed by atoms with Crippen LogP contribution in [-0.2, 0) is 4.79 Å². The molecule has 0 fully saturated rings. The topological polar surface area (TPSA) is 50.2 Å². The number of aromatic nitrogens is 1. The first-order valence-corrected chi connectivity index (χ1v) is 5.92. The predicted molar refractivity (Wildman–Crippen MR) is 62.1 cm³/mol. The molecule has 0 bridgehead atoms. The number of nitrogens with zero attached hydrogens (tertiary/aromatic N) is 1. The predicted octanol–water partition coefficient (Wildman–Crippen LogP) is 2.97. The highest BCUT2D eigenvalue weighted by Gasteiger charge is 2.03. The summed E-state index contributed by atoms with van der Waals surface area (Å²) in [6.07, 6.45) is 2.60. The highest BCUT2D eigenvalue weighted by molar-refractivity contribution is 7.14. The van der Waals surface area contributed by atoms with E-state index in [1.165, 1.54) is 17.4 Å². The van der Waals surface area contributed by atoms with E-state index in [9.17, 15) is 4.79 Å². The van der Waals surface area contributed by atoms with Crippen LogP contribution < -0.4 is 0 Å². The summed E-state index contributed by atoms with van der Waals surface area (Å²) in [5, 5.41) is 13.1. The first kappa shape index (κ1) is 10.1. The van der Waals surface area contributed by atoms with E-state index in [2.05, 4.69) is 4.98 Å². The minimum absolute atomic E-state index is 0.709. The molecule has 3 nitrogen and oxygen atoms in total. The highest BCUT2D eigenvalue weighted by Crippen LogP contribution is 2.26. The Balaban J connectivity index is 2.21. The Kier molecular flexibility index (Phi) is 2.94. The number of thiazole rings is 1. The molecule has 0 atom stereocenters. The quantitative estimate of drug-likeness (QED) is 0.835. The van der Waals surface area contributed by atoms with Crippen LogP contribution in [0, 0.1) is 0 Å². The first-order chi connectivity index (χ1) is 7.25. The Morgan fingerprint density at radius 3 is 3.00 bits per heavy atom. The van der Waals surface area contributed by atoms with E-state index >= 15 is 0 Å². The molecule has 5 heteroatoms. The number of carboxylic acid groups (broad SMARTS) is 1. The number of hydrogen-bond donors (Lipinski definition) is 1. The molecule has 0 amide bonds. The van der Waals surface area contributed by atoms with Gasteiger partial charge in [0, 0.05) is 11.5 Å². The van der Waals surface area contributed by atoms with Crippen LogP contribution >= 0.6 is 22.7 Å². The maximum Gasteiger partial charge on any atom is 0.328 e. The van der Waals surface area contributed by atoms with Gasteiger partial charge < -0.3 is 5.11 Å². The number of hydrogen-bond acceptors (Lipinski definition) is 4. The van der Waals surface area contributed by atoms with Gasteiger partial charge in [-0.15, -0.1) is 22.7 Å². The van der Waals surface area contributed by atoms with Crippen molar-refractivity contribution in [3.05, 3.63) is 34.0 Å². The third-order valence-electron chi connectivity index (χ3n) is 1.66. The van der Waals surface area contributed by atoms with Gasteiger partial charge in [0.1, 0.15) is 5.01 Å². The second-order valence-electron chi connectivity index (χ2n) is 2.72. The lowest BCUT2D eigenvalue weighted by atomic mass is 10.4. The van der Waals surface area contributed by atoms with Crippen LogP contribution in [0.5, 0.6) is 0 Å². The van der Waals surface area contributed by atoms with Crippen LogP contribution in [0.15, 0.2) is 29.0 Å². The Morgan fingerprint density at radius 1 is 1.47 bits per heavy atom. The molecule has 0 radical (unpaired) electrons. The van der Waals surface area contributed by atoms with Crippen LogP contribution in [0.4, 0.5) is 0 Å². The number of carboxylic acids is 1. The molecule has 0 aliphatic heterocycles. The normalized spacial score (nSPS) is 10.9. The van der Waals surface area contributed by atoms with Crippen LogP contribution in [0.1, 0.15) is 5.01 Å². The lowest BCUT2D eigenvalue weighted by Gasteiger charge is -1.86. The van der Waals surface area contributed by atoms with Crippen molar-refractivity contribution in [2.24, 2.45) is 0 Å². The van der Waals surface area contributed by atoms with Crippen molar-refractivity contribution in [3.8, 4) is 10.6 Å². The summed E-state index contributed by atoms with van der Waals surface area (Å²) in [6.45, 7) is 0. The second kappa shape index (κ2) is 4.37. The van der Waals surface area contributed by atoms with Gasteiger partial charge in [-0.25, -0.2) is 9.78 Å². The van der Waals surface area contributed by atoms with Crippen LogP contribution in [-0.4, -0.2) is 16.1 Å². The zero-order valence-electron chi connectivity index (χ0n) is 7.58. The molecule has 2 heterocycles. The summed E-state index contributed by atoms with van der Waals surface area (Å²) >= 11 is 3.05. The lowest BCUT2D eigenvalue weighted by Crippen LogP contribution is -1.85. The summed E-state index contributed by atoms with van der Waals surface area (Å²) in [5.41, 5.74) is 0.903. The highest BCUT2D eigenvalue weighted by atomic mass is 32.1. The number of carbonyl (C=O) groups is 1. The molecule has 0 spiro atoms. The van der Waals surface area contributed by atoms with Crippen molar-refractivity contribution >= 4 is 34.7 Å². The zero-order chi connectivity index (χ0) is 10.7. The van der Waals surface area contributed by atoms with Crippen molar-refractivity contribution < 1.29 is 9.90 Å². The summed E-state index contributed by atoms with van der Waals surface area (Å²) in [7, 11) is 0. The molecular formula is C10H7NO2S2. The van der Waals surface area contributed by atoms with Crippen molar-refractivity contribution in [2.75, 3.05) is 0 Å². The molecule has 2 aromatic rings. The molecule has 76 valence electrons. The van der Waals surface area contributed by atoms with Gasteiger partial charge in [0.25, 0.3) is 0 Å². The monoisotopic (exact) mass is 237 g/mol. The van der Waals surface area contributed by atoms with Gasteiger partial charge in [-0.3, -0.25) is 0 Å². The molecule has 15 heavy (non-hydrogen) atoms. The number of aliphatic carboxylic acids is 1. The van der Waals surface area contributed by atoms with E-state index in [0.29, 0.717) is 5.01 Å². The molecule has 0 aliphatic carbocycles. The average molecular weight is 237 g/mol. The molecule has 0 unspecified atom stereocenters. The third kappa shape index (κ3) is 2.51. The summed E-state index contributed by atoms with van der Waals surface area (Å²) in [4.78, 5) is 15.7. The molecule has 2 aromatic heterocycles. The maximum absolute atomic E-state index is 10.3. The lowest BCUT2D eigenvalue weighted by molar-refractivity contribution is -0.131. The maximum atomic E-state index is 10.3. The van der Waals surface area contributed by atoms with E-state index in [1.807, 2.05) is 22.9 Å². The van der Waals surface area contributed by atoms with Crippen molar-refractivity contribution in [1.29, 1.82) is 0 Å². The minimum Gasteiger partial charge on any atom is -0.478 e. The Bertz CT molecular complexity index is 485.